The first-order valence-electron chi connectivity index (χ1n) is 5.55. The molecule has 1 atom stereocenters. The number of rotatable bonds is 8. The Morgan fingerprint density at radius 1 is 1.33 bits per heavy atom. The predicted molar refractivity (Wildman–Crippen MR) is 61.8 cm³/mol. The van der Waals surface area contributed by atoms with Gasteiger partial charge in [-0.15, -0.1) is 0 Å². The maximum absolute atomic E-state index is 11.2. The van der Waals surface area contributed by atoms with Crippen molar-refractivity contribution in [3.63, 3.8) is 0 Å². The van der Waals surface area contributed by atoms with Crippen LogP contribution in [0.3, 0.4) is 0 Å². The number of ether oxygens (including phenoxy) is 1. The molecule has 0 aliphatic rings. The molecule has 0 bridgehead atoms. The van der Waals surface area contributed by atoms with Crippen LogP contribution in [0.5, 0.6) is 0 Å². The number of carbonyl (C=O) groups is 1. The molecule has 0 saturated heterocycles. The molecule has 0 aliphatic heterocycles. The lowest BCUT2D eigenvalue weighted by Crippen LogP contribution is -2.33. The average Bonchev–Trinajstić information content (AvgIpc) is 2.12. The van der Waals surface area contributed by atoms with E-state index in [9.17, 15) is 4.79 Å². The van der Waals surface area contributed by atoms with E-state index < -0.39 is 0 Å². The smallest absolute Gasteiger partial charge is 0.221 e. The zero-order chi connectivity index (χ0) is 11.7. The third-order valence-corrected chi connectivity index (χ3v) is 1.92. The Hall–Kier alpha value is -0.610. The van der Waals surface area contributed by atoms with E-state index in [2.05, 4.69) is 17.6 Å². The molecule has 0 radical (unpaired) electrons. The maximum atomic E-state index is 11.2. The van der Waals surface area contributed by atoms with E-state index in [4.69, 9.17) is 4.74 Å². The highest BCUT2D eigenvalue weighted by atomic mass is 16.5. The molecule has 4 nitrogen and oxygen atoms in total. The van der Waals surface area contributed by atoms with Crippen LogP contribution in [0.4, 0.5) is 0 Å². The van der Waals surface area contributed by atoms with Gasteiger partial charge >= 0.3 is 0 Å². The zero-order valence-corrected chi connectivity index (χ0v) is 10.3. The van der Waals surface area contributed by atoms with Crippen LogP contribution in [-0.4, -0.2) is 38.8 Å². The topological polar surface area (TPSA) is 50.4 Å². The fraction of sp³-hybridized carbons (Fsp3) is 0.909. The minimum atomic E-state index is 0.108. The number of carbonyl (C=O) groups excluding carboxylic acids is 1. The lowest BCUT2D eigenvalue weighted by Gasteiger charge is -2.12. The minimum absolute atomic E-state index is 0.108. The third kappa shape index (κ3) is 9.69. The Balaban J connectivity index is 3.34. The highest BCUT2D eigenvalue weighted by molar-refractivity contribution is 5.76. The summed E-state index contributed by atoms with van der Waals surface area (Å²) in [5.74, 6) is 0.597. The van der Waals surface area contributed by atoms with Gasteiger partial charge in [0.2, 0.25) is 5.91 Å². The van der Waals surface area contributed by atoms with Gasteiger partial charge in [0, 0.05) is 32.7 Å². The van der Waals surface area contributed by atoms with Crippen LogP contribution in [0.15, 0.2) is 0 Å². The first kappa shape index (κ1) is 14.4. The van der Waals surface area contributed by atoms with E-state index in [1.165, 1.54) is 0 Å². The molecular weight excluding hydrogens is 192 g/mol. The van der Waals surface area contributed by atoms with E-state index in [0.29, 0.717) is 12.3 Å². The molecule has 0 aliphatic carbocycles. The van der Waals surface area contributed by atoms with Gasteiger partial charge in [0.1, 0.15) is 0 Å². The van der Waals surface area contributed by atoms with Crippen LogP contribution < -0.4 is 10.6 Å². The van der Waals surface area contributed by atoms with E-state index in [-0.39, 0.29) is 11.9 Å². The summed E-state index contributed by atoms with van der Waals surface area (Å²) in [7, 11) is 1.70. The lowest BCUT2D eigenvalue weighted by molar-refractivity contribution is -0.121. The second-order valence-electron chi connectivity index (χ2n) is 4.24. The normalized spacial score (nSPS) is 12.9. The molecule has 1 unspecified atom stereocenters. The summed E-state index contributed by atoms with van der Waals surface area (Å²) in [5.41, 5.74) is 0. The van der Waals surface area contributed by atoms with Crippen molar-refractivity contribution in [1.29, 1.82) is 0 Å². The Bertz CT molecular complexity index is 172. The van der Waals surface area contributed by atoms with Gasteiger partial charge in [0.15, 0.2) is 0 Å². The molecule has 0 aromatic heterocycles. The highest BCUT2D eigenvalue weighted by Crippen LogP contribution is 1.92. The summed E-state index contributed by atoms with van der Waals surface area (Å²) in [5, 5.41) is 6.09. The van der Waals surface area contributed by atoms with E-state index in [0.717, 1.165) is 19.7 Å². The molecule has 90 valence electrons. The lowest BCUT2D eigenvalue weighted by atomic mass is 10.2. The van der Waals surface area contributed by atoms with Crippen LogP contribution in [0.1, 0.15) is 27.2 Å². The Kier molecular flexibility index (Phi) is 8.33. The molecule has 0 heterocycles. The molecular formula is C11H24N2O2. The van der Waals surface area contributed by atoms with Gasteiger partial charge < -0.3 is 15.4 Å². The first-order valence-corrected chi connectivity index (χ1v) is 5.55. The van der Waals surface area contributed by atoms with Crippen molar-refractivity contribution in [3.05, 3.63) is 0 Å². The second-order valence-corrected chi connectivity index (χ2v) is 4.24. The summed E-state index contributed by atoms with van der Waals surface area (Å²) in [6, 6.07) is 0.227. The molecule has 0 fully saturated rings. The fourth-order valence-corrected chi connectivity index (χ4v) is 1.29. The van der Waals surface area contributed by atoms with Crippen LogP contribution >= 0.6 is 0 Å². The van der Waals surface area contributed by atoms with Crippen molar-refractivity contribution >= 4 is 5.91 Å². The summed E-state index contributed by atoms with van der Waals surface area (Å²) < 4.78 is 5.02. The zero-order valence-electron chi connectivity index (χ0n) is 10.3. The van der Waals surface area contributed by atoms with Crippen LogP contribution in [0, 0.1) is 5.92 Å². The molecule has 0 aromatic rings. The average molecular weight is 216 g/mol. The highest BCUT2D eigenvalue weighted by Gasteiger charge is 2.03. The predicted octanol–water partition coefficient (Wildman–Crippen LogP) is 0.773. The Morgan fingerprint density at radius 2 is 2.00 bits per heavy atom. The molecule has 4 heteroatoms. The molecule has 15 heavy (non-hydrogen) atoms. The van der Waals surface area contributed by atoms with Crippen molar-refractivity contribution in [2.45, 2.75) is 33.2 Å². The molecule has 1 amide bonds. The first-order chi connectivity index (χ1) is 7.06. The second kappa shape index (κ2) is 8.68. The van der Waals surface area contributed by atoms with Gasteiger partial charge in [0.25, 0.3) is 0 Å². The summed E-state index contributed by atoms with van der Waals surface area (Å²) in [4.78, 5) is 11.2. The van der Waals surface area contributed by atoms with Crippen molar-refractivity contribution in [3.8, 4) is 0 Å². The minimum Gasteiger partial charge on any atom is -0.384 e. The fourth-order valence-electron chi connectivity index (χ4n) is 1.29. The van der Waals surface area contributed by atoms with Gasteiger partial charge in [-0.1, -0.05) is 6.92 Å². The van der Waals surface area contributed by atoms with Crippen molar-refractivity contribution in [2.24, 2.45) is 5.92 Å². The van der Waals surface area contributed by atoms with Gasteiger partial charge in [-0.3, -0.25) is 4.79 Å². The standard InChI is InChI=1S/C11H24N2O2/c1-9(2)13-11(14)5-6-12-7-10(3)8-15-4/h9-10,12H,5-8H2,1-4H3,(H,13,14). The summed E-state index contributed by atoms with van der Waals surface area (Å²) in [6.07, 6.45) is 0.540. The number of nitrogens with one attached hydrogen (secondary N) is 2. The molecule has 0 aromatic carbocycles. The van der Waals surface area contributed by atoms with E-state index in [1.807, 2.05) is 13.8 Å². The monoisotopic (exact) mass is 216 g/mol. The van der Waals surface area contributed by atoms with Gasteiger partial charge in [0.05, 0.1) is 0 Å². The van der Waals surface area contributed by atoms with Gasteiger partial charge in [-0.25, -0.2) is 0 Å². The van der Waals surface area contributed by atoms with E-state index in [1.54, 1.807) is 7.11 Å². The van der Waals surface area contributed by atoms with E-state index >= 15 is 0 Å². The summed E-state index contributed by atoms with van der Waals surface area (Å²) in [6.45, 7) is 8.42. The van der Waals surface area contributed by atoms with Crippen LogP contribution in [0.2, 0.25) is 0 Å². The maximum Gasteiger partial charge on any atom is 0.221 e. The molecule has 0 spiro atoms. The Morgan fingerprint density at radius 3 is 2.53 bits per heavy atom. The molecule has 0 rings (SSSR count). The number of methoxy groups -OCH3 is 1. The van der Waals surface area contributed by atoms with Gasteiger partial charge in [-0.2, -0.15) is 0 Å². The Labute approximate surface area is 92.8 Å². The van der Waals surface area contributed by atoms with Crippen molar-refractivity contribution in [2.75, 3.05) is 26.8 Å². The number of hydrogen-bond donors (Lipinski definition) is 2. The third-order valence-electron chi connectivity index (χ3n) is 1.92. The number of hydrogen-bond acceptors (Lipinski definition) is 3. The van der Waals surface area contributed by atoms with Crippen molar-refractivity contribution < 1.29 is 9.53 Å². The van der Waals surface area contributed by atoms with Crippen molar-refractivity contribution in [1.82, 2.24) is 10.6 Å². The number of amides is 1. The quantitative estimate of drug-likeness (QED) is 0.589. The van der Waals surface area contributed by atoms with Gasteiger partial charge in [-0.05, 0) is 26.3 Å². The summed E-state index contributed by atoms with van der Waals surface area (Å²) >= 11 is 0. The SMILES string of the molecule is COCC(C)CNCCC(=O)NC(C)C. The largest absolute Gasteiger partial charge is 0.384 e. The van der Waals surface area contributed by atoms with Crippen LogP contribution in [-0.2, 0) is 9.53 Å². The molecule has 2 N–H and O–H groups in total. The molecule has 0 saturated carbocycles. The van der Waals surface area contributed by atoms with Crippen LogP contribution in [0.25, 0.3) is 0 Å².